The number of hydrogen-bond donors (Lipinski definition) is 2. The maximum atomic E-state index is 8.78. The van der Waals surface area contributed by atoms with Crippen LogP contribution in [0.25, 0.3) is 5.65 Å². The molecule has 5 heteroatoms. The van der Waals surface area contributed by atoms with Crippen LogP contribution in [0.5, 0.6) is 0 Å². The molecule has 5 nitrogen and oxygen atoms in total. The molecule has 0 aromatic carbocycles. The summed E-state index contributed by atoms with van der Waals surface area (Å²) < 4.78 is 1.95. The quantitative estimate of drug-likeness (QED) is 0.744. The van der Waals surface area contributed by atoms with Gasteiger partial charge in [0.1, 0.15) is 5.82 Å². The zero-order valence-electron chi connectivity index (χ0n) is 8.43. The van der Waals surface area contributed by atoms with Crippen molar-refractivity contribution >= 4 is 5.65 Å². The smallest absolute Gasteiger partial charge is 0.161 e. The number of fused-ring (bicyclic) bond motifs is 1. The molecule has 3 N–H and O–H groups in total. The Morgan fingerprint density at radius 3 is 2.93 bits per heavy atom. The van der Waals surface area contributed by atoms with Crippen molar-refractivity contribution in [1.82, 2.24) is 14.6 Å². The summed E-state index contributed by atoms with van der Waals surface area (Å²) in [6, 6.07) is 5.77. The molecule has 0 saturated heterocycles. The normalized spacial score (nSPS) is 11.1. The Hall–Kier alpha value is -1.46. The number of aromatic nitrogens is 3. The first kappa shape index (κ1) is 10.1. The van der Waals surface area contributed by atoms with E-state index in [-0.39, 0.29) is 6.61 Å². The van der Waals surface area contributed by atoms with Crippen molar-refractivity contribution in [3.8, 4) is 0 Å². The molecule has 0 atom stereocenters. The first-order valence-electron chi connectivity index (χ1n) is 4.99. The topological polar surface area (TPSA) is 76.4 Å². The highest BCUT2D eigenvalue weighted by Gasteiger charge is 2.07. The Balaban J connectivity index is 2.46. The van der Waals surface area contributed by atoms with Gasteiger partial charge in [-0.1, -0.05) is 6.07 Å². The highest BCUT2D eigenvalue weighted by Crippen LogP contribution is 2.09. The molecule has 80 valence electrons. The van der Waals surface area contributed by atoms with Crippen molar-refractivity contribution in [2.24, 2.45) is 5.73 Å². The van der Waals surface area contributed by atoms with E-state index >= 15 is 0 Å². The summed E-state index contributed by atoms with van der Waals surface area (Å²) in [5.74, 6) is 0.861. The molecule has 2 heterocycles. The van der Waals surface area contributed by atoms with Crippen LogP contribution in [-0.4, -0.2) is 26.3 Å². The maximum absolute atomic E-state index is 8.78. The van der Waals surface area contributed by atoms with E-state index in [1.165, 1.54) is 0 Å². The second kappa shape index (κ2) is 4.37. The Morgan fingerprint density at radius 2 is 2.20 bits per heavy atom. The summed E-state index contributed by atoms with van der Waals surface area (Å²) in [5.41, 5.74) is 7.45. The second-order valence-electron chi connectivity index (χ2n) is 3.36. The predicted molar refractivity (Wildman–Crippen MR) is 56.3 cm³/mol. The lowest BCUT2D eigenvalue weighted by Crippen LogP contribution is -2.07. The van der Waals surface area contributed by atoms with E-state index in [0.29, 0.717) is 19.4 Å². The second-order valence-corrected chi connectivity index (χ2v) is 3.36. The number of nitrogens with zero attached hydrogens (tertiary/aromatic N) is 3. The van der Waals surface area contributed by atoms with Crippen LogP contribution in [0.1, 0.15) is 17.9 Å². The van der Waals surface area contributed by atoms with Crippen molar-refractivity contribution in [3.05, 3.63) is 29.7 Å². The highest BCUT2D eigenvalue weighted by atomic mass is 16.2. The molecular formula is C10H14N4O. The molecule has 0 saturated carbocycles. The van der Waals surface area contributed by atoms with Gasteiger partial charge in [-0.25, -0.2) is 0 Å². The monoisotopic (exact) mass is 206 g/mol. The van der Waals surface area contributed by atoms with Crippen LogP contribution in [-0.2, 0) is 13.0 Å². The van der Waals surface area contributed by atoms with Gasteiger partial charge in [0.25, 0.3) is 0 Å². The Labute approximate surface area is 87.6 Å². The predicted octanol–water partition coefficient (Wildman–Crippen LogP) is 0.113. The molecular weight excluding hydrogens is 192 g/mol. The van der Waals surface area contributed by atoms with Gasteiger partial charge in [-0.3, -0.25) is 4.40 Å². The van der Waals surface area contributed by atoms with Gasteiger partial charge in [0.15, 0.2) is 5.65 Å². The fourth-order valence-electron chi connectivity index (χ4n) is 1.63. The van der Waals surface area contributed by atoms with Gasteiger partial charge in [-0.2, -0.15) is 0 Å². The fraction of sp³-hybridized carbons (Fsp3) is 0.400. The highest BCUT2D eigenvalue weighted by molar-refractivity contribution is 5.39. The molecule has 2 rings (SSSR count). The number of nitrogens with two attached hydrogens (primary N) is 1. The standard InChI is InChI=1S/C10H14N4O/c11-7-8-3-1-4-9-12-13-10(14(8)9)5-2-6-15/h1,3-4,15H,2,5-7,11H2. The molecule has 0 unspecified atom stereocenters. The van der Waals surface area contributed by atoms with E-state index in [0.717, 1.165) is 17.2 Å². The van der Waals surface area contributed by atoms with Crippen molar-refractivity contribution in [3.63, 3.8) is 0 Å². The van der Waals surface area contributed by atoms with Gasteiger partial charge >= 0.3 is 0 Å². The number of rotatable bonds is 4. The van der Waals surface area contributed by atoms with E-state index in [1.807, 2.05) is 22.6 Å². The molecule has 0 bridgehead atoms. The van der Waals surface area contributed by atoms with Crippen LogP contribution in [0.2, 0.25) is 0 Å². The average Bonchev–Trinajstić information content (AvgIpc) is 2.69. The molecule has 0 amide bonds. The number of hydrogen-bond acceptors (Lipinski definition) is 4. The van der Waals surface area contributed by atoms with E-state index in [1.54, 1.807) is 0 Å². The summed E-state index contributed by atoms with van der Waals surface area (Å²) in [7, 11) is 0. The van der Waals surface area contributed by atoms with Crippen LogP contribution in [0.15, 0.2) is 18.2 Å². The summed E-state index contributed by atoms with van der Waals surface area (Å²) in [4.78, 5) is 0. The van der Waals surface area contributed by atoms with Crippen LogP contribution in [0, 0.1) is 0 Å². The van der Waals surface area contributed by atoms with Crippen molar-refractivity contribution in [2.75, 3.05) is 6.61 Å². The molecule has 0 fully saturated rings. The zero-order chi connectivity index (χ0) is 10.7. The molecule has 15 heavy (non-hydrogen) atoms. The van der Waals surface area contributed by atoms with Crippen molar-refractivity contribution in [1.29, 1.82) is 0 Å². The van der Waals surface area contributed by atoms with Gasteiger partial charge in [-0.05, 0) is 18.6 Å². The van der Waals surface area contributed by atoms with Gasteiger partial charge in [0.2, 0.25) is 0 Å². The molecule has 0 aliphatic heterocycles. The lowest BCUT2D eigenvalue weighted by molar-refractivity contribution is 0.287. The number of aliphatic hydroxyl groups excluding tert-OH is 1. The van der Waals surface area contributed by atoms with E-state index in [9.17, 15) is 0 Å². The minimum atomic E-state index is 0.166. The third-order valence-corrected chi connectivity index (χ3v) is 2.34. The average molecular weight is 206 g/mol. The third-order valence-electron chi connectivity index (χ3n) is 2.34. The minimum absolute atomic E-state index is 0.166. The maximum Gasteiger partial charge on any atom is 0.161 e. The summed E-state index contributed by atoms with van der Waals surface area (Å²) in [5, 5.41) is 16.9. The molecule has 0 aliphatic rings. The number of aliphatic hydroxyl groups is 1. The van der Waals surface area contributed by atoms with Gasteiger partial charge in [0.05, 0.1) is 0 Å². The van der Waals surface area contributed by atoms with Crippen LogP contribution >= 0.6 is 0 Å². The minimum Gasteiger partial charge on any atom is -0.396 e. The summed E-state index contributed by atoms with van der Waals surface area (Å²) in [6.07, 6.45) is 1.41. The first-order valence-corrected chi connectivity index (χ1v) is 4.99. The first-order chi connectivity index (χ1) is 7.36. The summed E-state index contributed by atoms with van der Waals surface area (Å²) >= 11 is 0. The molecule has 0 radical (unpaired) electrons. The van der Waals surface area contributed by atoms with Crippen molar-refractivity contribution < 1.29 is 5.11 Å². The SMILES string of the molecule is NCc1cccc2nnc(CCCO)n12. The molecule has 0 aliphatic carbocycles. The Bertz CT molecular complexity index is 452. The zero-order valence-corrected chi connectivity index (χ0v) is 8.43. The van der Waals surface area contributed by atoms with Gasteiger partial charge < -0.3 is 10.8 Å². The molecule has 0 spiro atoms. The summed E-state index contributed by atoms with van der Waals surface area (Å²) in [6.45, 7) is 0.626. The van der Waals surface area contributed by atoms with Gasteiger partial charge in [0, 0.05) is 25.3 Å². The van der Waals surface area contributed by atoms with Crippen LogP contribution in [0.3, 0.4) is 0 Å². The van der Waals surface area contributed by atoms with Gasteiger partial charge in [-0.15, -0.1) is 10.2 Å². The van der Waals surface area contributed by atoms with E-state index < -0.39 is 0 Å². The lowest BCUT2D eigenvalue weighted by atomic mass is 10.3. The molecule has 2 aromatic heterocycles. The lowest BCUT2D eigenvalue weighted by Gasteiger charge is -2.04. The third kappa shape index (κ3) is 1.84. The molecule has 2 aromatic rings. The number of aryl methyl sites for hydroxylation is 1. The fourth-order valence-corrected chi connectivity index (χ4v) is 1.63. The van der Waals surface area contributed by atoms with E-state index in [4.69, 9.17) is 10.8 Å². The van der Waals surface area contributed by atoms with E-state index in [2.05, 4.69) is 10.2 Å². The largest absolute Gasteiger partial charge is 0.396 e. The Kier molecular flexibility index (Phi) is 2.94. The van der Waals surface area contributed by atoms with Crippen molar-refractivity contribution in [2.45, 2.75) is 19.4 Å². The Morgan fingerprint density at radius 1 is 1.33 bits per heavy atom. The number of pyridine rings is 1. The van der Waals surface area contributed by atoms with Crippen LogP contribution in [0.4, 0.5) is 0 Å². The van der Waals surface area contributed by atoms with Crippen LogP contribution < -0.4 is 5.73 Å².